The highest BCUT2D eigenvalue weighted by atomic mass is 16.5. The fourth-order valence-electron chi connectivity index (χ4n) is 2.74. The first kappa shape index (κ1) is 14.4. The van der Waals surface area contributed by atoms with Crippen molar-refractivity contribution in [3.05, 3.63) is 29.6 Å². The van der Waals surface area contributed by atoms with Crippen molar-refractivity contribution in [1.29, 1.82) is 0 Å². The minimum Gasteiger partial charge on any atom is -0.376 e. The summed E-state index contributed by atoms with van der Waals surface area (Å²) in [7, 11) is 0. The van der Waals surface area contributed by atoms with Crippen LogP contribution in [0.15, 0.2) is 18.3 Å². The van der Waals surface area contributed by atoms with E-state index < -0.39 is 0 Å². The van der Waals surface area contributed by atoms with Crippen LogP contribution in [0.25, 0.3) is 0 Å². The molecule has 0 aromatic carbocycles. The quantitative estimate of drug-likeness (QED) is 0.901. The van der Waals surface area contributed by atoms with Gasteiger partial charge in [0.2, 0.25) is 0 Å². The monoisotopic (exact) mass is 263 g/mol. The highest BCUT2D eigenvalue weighted by molar-refractivity contribution is 5.18. The molecule has 0 spiro atoms. The normalized spacial score (nSPS) is 26.3. The largest absolute Gasteiger partial charge is 0.376 e. The summed E-state index contributed by atoms with van der Waals surface area (Å²) in [6.07, 6.45) is 3.32. The zero-order valence-electron chi connectivity index (χ0n) is 12.2. The van der Waals surface area contributed by atoms with Gasteiger partial charge >= 0.3 is 0 Å². The third-order valence-corrected chi connectivity index (χ3v) is 3.92. The minimum absolute atomic E-state index is 0.240. The maximum atomic E-state index is 6.03. The summed E-state index contributed by atoms with van der Waals surface area (Å²) in [5.74, 6) is 0. The number of nitrogens with zero attached hydrogens (tertiary/aromatic N) is 2. The molecular weight excluding hydrogens is 238 g/mol. The van der Waals surface area contributed by atoms with Gasteiger partial charge in [-0.1, -0.05) is 13.0 Å². The lowest BCUT2D eigenvalue weighted by atomic mass is 10.0. The van der Waals surface area contributed by atoms with Crippen LogP contribution < -0.4 is 5.73 Å². The van der Waals surface area contributed by atoms with Gasteiger partial charge < -0.3 is 10.5 Å². The maximum absolute atomic E-state index is 6.03. The third-order valence-electron chi connectivity index (χ3n) is 3.92. The van der Waals surface area contributed by atoms with Gasteiger partial charge in [0.05, 0.1) is 12.7 Å². The second-order valence-corrected chi connectivity index (χ2v) is 5.39. The molecule has 3 atom stereocenters. The van der Waals surface area contributed by atoms with Gasteiger partial charge in [-0.25, -0.2) is 0 Å². The van der Waals surface area contributed by atoms with E-state index in [1.807, 2.05) is 13.1 Å². The topological polar surface area (TPSA) is 51.4 Å². The molecule has 2 N–H and O–H groups in total. The van der Waals surface area contributed by atoms with E-state index in [0.29, 0.717) is 12.6 Å². The van der Waals surface area contributed by atoms with Crippen molar-refractivity contribution in [2.75, 3.05) is 19.7 Å². The van der Waals surface area contributed by atoms with Crippen LogP contribution >= 0.6 is 0 Å². The molecule has 1 aromatic heterocycles. The van der Waals surface area contributed by atoms with E-state index in [9.17, 15) is 0 Å². The average molecular weight is 263 g/mol. The van der Waals surface area contributed by atoms with Crippen molar-refractivity contribution in [1.82, 2.24) is 9.88 Å². The molecule has 2 rings (SSSR count). The van der Waals surface area contributed by atoms with Gasteiger partial charge in [0.15, 0.2) is 0 Å². The molecule has 2 heterocycles. The van der Waals surface area contributed by atoms with Crippen LogP contribution in [0, 0.1) is 6.92 Å². The summed E-state index contributed by atoms with van der Waals surface area (Å²) in [5, 5.41) is 0. The van der Waals surface area contributed by atoms with Crippen molar-refractivity contribution in [3.63, 3.8) is 0 Å². The van der Waals surface area contributed by atoms with Gasteiger partial charge in [0.1, 0.15) is 0 Å². The molecule has 1 aromatic rings. The molecule has 0 aliphatic carbocycles. The molecule has 1 fully saturated rings. The number of pyridine rings is 1. The molecule has 106 valence electrons. The number of nitrogens with two attached hydrogens (primary N) is 1. The smallest absolute Gasteiger partial charge is 0.0675 e. The van der Waals surface area contributed by atoms with Crippen LogP contribution in [0.1, 0.15) is 37.6 Å². The van der Waals surface area contributed by atoms with Crippen molar-refractivity contribution in [2.24, 2.45) is 5.73 Å². The second kappa shape index (κ2) is 6.46. The Morgan fingerprint density at radius 3 is 2.89 bits per heavy atom. The van der Waals surface area contributed by atoms with Crippen LogP contribution in [0.5, 0.6) is 0 Å². The zero-order valence-corrected chi connectivity index (χ0v) is 12.2. The van der Waals surface area contributed by atoms with Crippen LogP contribution in [0.2, 0.25) is 0 Å². The number of aryl methyl sites for hydroxylation is 1. The summed E-state index contributed by atoms with van der Waals surface area (Å²) in [6.45, 7) is 8.69. The van der Waals surface area contributed by atoms with E-state index in [1.54, 1.807) is 0 Å². The minimum atomic E-state index is 0.240. The number of aromatic nitrogens is 1. The highest BCUT2D eigenvalue weighted by Gasteiger charge is 2.31. The van der Waals surface area contributed by atoms with Gasteiger partial charge in [-0.2, -0.15) is 0 Å². The van der Waals surface area contributed by atoms with Crippen molar-refractivity contribution >= 4 is 0 Å². The van der Waals surface area contributed by atoms with Crippen molar-refractivity contribution < 1.29 is 4.74 Å². The molecule has 4 heteroatoms. The fraction of sp³-hybridized carbons (Fsp3) is 0.667. The van der Waals surface area contributed by atoms with Gasteiger partial charge in [-0.05, 0) is 31.9 Å². The van der Waals surface area contributed by atoms with Crippen LogP contribution in [0.3, 0.4) is 0 Å². The second-order valence-electron chi connectivity index (χ2n) is 5.39. The van der Waals surface area contributed by atoms with E-state index in [4.69, 9.17) is 10.5 Å². The Morgan fingerprint density at radius 2 is 2.32 bits per heavy atom. The molecule has 0 amide bonds. The first-order valence-corrected chi connectivity index (χ1v) is 7.15. The fourth-order valence-corrected chi connectivity index (χ4v) is 2.74. The van der Waals surface area contributed by atoms with E-state index >= 15 is 0 Å². The SMILES string of the molecule is CCC1COC(C)CN1C(CN)c1ccc(C)nc1. The van der Waals surface area contributed by atoms with Crippen molar-refractivity contribution in [2.45, 2.75) is 45.4 Å². The summed E-state index contributed by atoms with van der Waals surface area (Å²) in [5.41, 5.74) is 8.28. The molecule has 1 aliphatic rings. The van der Waals surface area contributed by atoms with Crippen LogP contribution in [-0.2, 0) is 4.74 Å². The highest BCUT2D eigenvalue weighted by Crippen LogP contribution is 2.26. The molecule has 1 saturated heterocycles. The van der Waals surface area contributed by atoms with E-state index in [2.05, 4.69) is 35.9 Å². The summed E-state index contributed by atoms with van der Waals surface area (Å²) in [6, 6.07) is 4.89. The Labute approximate surface area is 116 Å². The Balaban J connectivity index is 2.21. The summed E-state index contributed by atoms with van der Waals surface area (Å²) >= 11 is 0. The molecule has 1 aliphatic heterocycles. The molecule has 3 unspecified atom stereocenters. The Bertz CT molecular complexity index is 393. The number of hydrogen-bond acceptors (Lipinski definition) is 4. The maximum Gasteiger partial charge on any atom is 0.0675 e. The van der Waals surface area contributed by atoms with E-state index in [-0.39, 0.29) is 12.1 Å². The first-order valence-electron chi connectivity index (χ1n) is 7.15. The van der Waals surface area contributed by atoms with Gasteiger partial charge in [0, 0.05) is 37.1 Å². The predicted molar refractivity (Wildman–Crippen MR) is 77.0 cm³/mol. The molecule has 19 heavy (non-hydrogen) atoms. The lowest BCUT2D eigenvalue weighted by molar-refractivity contribution is -0.0719. The number of rotatable bonds is 4. The molecular formula is C15H25N3O. The lowest BCUT2D eigenvalue weighted by Gasteiger charge is -2.43. The van der Waals surface area contributed by atoms with Gasteiger partial charge in [0.25, 0.3) is 0 Å². The zero-order chi connectivity index (χ0) is 13.8. The molecule has 0 saturated carbocycles. The van der Waals surface area contributed by atoms with Crippen LogP contribution in [-0.4, -0.2) is 41.7 Å². The Hall–Kier alpha value is -0.970. The Kier molecular flexibility index (Phi) is 4.91. The summed E-state index contributed by atoms with van der Waals surface area (Å²) in [4.78, 5) is 6.89. The number of hydrogen-bond donors (Lipinski definition) is 1. The van der Waals surface area contributed by atoms with Crippen LogP contribution in [0.4, 0.5) is 0 Å². The third kappa shape index (κ3) is 3.32. The standard InChI is InChI=1S/C15H25N3O/c1-4-14-10-19-12(3)9-18(14)15(7-16)13-6-5-11(2)17-8-13/h5-6,8,12,14-15H,4,7,9-10,16H2,1-3H3. The van der Waals surface area contributed by atoms with Gasteiger partial charge in [-0.15, -0.1) is 0 Å². The van der Waals surface area contributed by atoms with Gasteiger partial charge in [-0.3, -0.25) is 9.88 Å². The molecule has 0 radical (unpaired) electrons. The number of ether oxygens (including phenoxy) is 1. The first-order chi connectivity index (χ1) is 9.15. The lowest BCUT2D eigenvalue weighted by Crippen LogP contribution is -2.51. The van der Waals surface area contributed by atoms with Crippen molar-refractivity contribution in [3.8, 4) is 0 Å². The molecule has 0 bridgehead atoms. The Morgan fingerprint density at radius 1 is 1.53 bits per heavy atom. The predicted octanol–water partition coefficient (Wildman–Crippen LogP) is 1.89. The van der Waals surface area contributed by atoms with E-state index in [1.165, 1.54) is 5.56 Å². The average Bonchev–Trinajstić information content (AvgIpc) is 2.42. The number of morpholine rings is 1. The summed E-state index contributed by atoms with van der Waals surface area (Å²) < 4.78 is 5.76. The van der Waals surface area contributed by atoms with E-state index in [0.717, 1.165) is 25.3 Å². The molecule has 4 nitrogen and oxygen atoms in total.